The van der Waals surface area contributed by atoms with Gasteiger partial charge in [0.15, 0.2) is 5.71 Å². The Bertz CT molecular complexity index is 3250. The Kier molecular flexibility index (Phi) is 20.4. The first-order chi connectivity index (χ1) is 35.5. The zero-order valence-corrected chi connectivity index (χ0v) is 49.2. The van der Waals surface area contributed by atoms with Crippen molar-refractivity contribution in [3.8, 4) is 24.7 Å². The molecule has 0 spiro atoms. The van der Waals surface area contributed by atoms with E-state index in [2.05, 4.69) is 50.9 Å². The predicted molar refractivity (Wildman–Crippen MR) is 286 cm³/mol. The number of nitrogens with zero attached hydrogens (tertiary/aromatic N) is 3. The number of hydrogen-bond acceptors (Lipinski definition) is 13. The van der Waals surface area contributed by atoms with E-state index in [-0.39, 0.29) is 99.2 Å². The molecule has 0 aromatic heterocycles. The second kappa shape index (κ2) is 25.7. The Morgan fingerprint density at radius 2 is 1.41 bits per heavy atom. The number of thioether (sulfide) groups is 1. The van der Waals surface area contributed by atoms with Crippen molar-refractivity contribution in [1.29, 1.82) is 0 Å². The van der Waals surface area contributed by atoms with Crippen molar-refractivity contribution in [3.63, 3.8) is 0 Å². The second-order valence-electron chi connectivity index (χ2n) is 19.9. The molecule has 4 aliphatic rings. The molecule has 3 aromatic carbocycles. The molecule has 3 aliphatic heterocycles. The fraction of sp³-hybridized carbons (Fsp3) is 0.386. The fourth-order valence-electron chi connectivity index (χ4n) is 9.95. The van der Waals surface area contributed by atoms with Gasteiger partial charge in [-0.2, -0.15) is 4.58 Å². The Morgan fingerprint density at radius 1 is 0.776 bits per heavy atom. The molecule has 7 rings (SSSR count). The summed E-state index contributed by atoms with van der Waals surface area (Å²) in [6.07, 6.45) is 26.1. The zero-order chi connectivity index (χ0) is 54.3. The van der Waals surface area contributed by atoms with E-state index in [4.69, 9.17) is 17.7 Å². The van der Waals surface area contributed by atoms with E-state index in [9.17, 15) is 45.1 Å². The molecule has 15 nitrogen and oxygen atoms in total. The van der Waals surface area contributed by atoms with Crippen molar-refractivity contribution >= 4 is 78.5 Å². The van der Waals surface area contributed by atoms with Gasteiger partial charge in [-0.1, -0.05) is 37.8 Å². The summed E-state index contributed by atoms with van der Waals surface area (Å²) in [5.74, 6) is 3.14. The number of nitrogens with one attached hydrogen (secondary N) is 1. The Hall–Kier alpha value is -4.90. The summed E-state index contributed by atoms with van der Waals surface area (Å²) >= 11 is 1.57. The van der Waals surface area contributed by atoms with Gasteiger partial charge in [0.05, 0.1) is 15.2 Å². The number of rotatable bonds is 21. The zero-order valence-electron chi connectivity index (χ0n) is 43.6. The summed E-state index contributed by atoms with van der Waals surface area (Å²) < 4.78 is 75.6. The van der Waals surface area contributed by atoms with Crippen molar-refractivity contribution in [2.75, 3.05) is 23.3 Å². The number of anilines is 2. The van der Waals surface area contributed by atoms with Crippen LogP contribution in [0.3, 0.4) is 0 Å². The number of allylic oxidation sites excluding steroid dienone is 7. The van der Waals surface area contributed by atoms with E-state index < -0.39 is 48.8 Å². The molecule has 394 valence electrons. The van der Waals surface area contributed by atoms with Crippen LogP contribution in [0.25, 0.3) is 0 Å². The van der Waals surface area contributed by atoms with Crippen LogP contribution in [-0.2, 0) is 55.1 Å². The Labute approximate surface area is 493 Å². The maximum absolute atomic E-state index is 12.9. The summed E-state index contributed by atoms with van der Waals surface area (Å²) in [4.78, 5) is 57.2. The van der Waals surface area contributed by atoms with Gasteiger partial charge in [0.1, 0.15) is 26.8 Å². The first-order valence-electron chi connectivity index (χ1n) is 25.0. The van der Waals surface area contributed by atoms with E-state index in [1.54, 1.807) is 36.0 Å². The van der Waals surface area contributed by atoms with Gasteiger partial charge >= 0.3 is 57.4 Å². The van der Waals surface area contributed by atoms with Gasteiger partial charge in [-0.25, -0.2) is 21.6 Å². The number of benzene rings is 3. The SMILES string of the molecule is C#CCCCCN1/C(=C/C=C2\CCCC(/C=C/C3=[N+](CCCCC#C)c4ccc(S(=O)(=O)[O-])cc4C3(C)C)=C2Sc2ccc(NC(=O)CCCC(=O)ON3C(=O)CCC3=O)cc2)C(C)(C)c2cc(S(=O)(=O)[O-])ccc21.[K+]. The van der Waals surface area contributed by atoms with Crippen LogP contribution in [0.2, 0.25) is 0 Å². The average Bonchev–Trinajstić information content (AvgIpc) is 3.87. The summed E-state index contributed by atoms with van der Waals surface area (Å²) in [7, 11) is -9.44. The number of imide groups is 1. The van der Waals surface area contributed by atoms with E-state index in [1.807, 2.05) is 39.8 Å². The van der Waals surface area contributed by atoms with Gasteiger partial charge in [0.25, 0.3) is 11.8 Å². The van der Waals surface area contributed by atoms with Gasteiger partial charge < -0.3 is 24.2 Å². The van der Waals surface area contributed by atoms with E-state index in [1.165, 1.54) is 24.3 Å². The van der Waals surface area contributed by atoms with Crippen molar-refractivity contribution < 1.29 is 106 Å². The molecule has 3 heterocycles. The summed E-state index contributed by atoms with van der Waals surface area (Å²) in [5.41, 5.74) is 6.17. The molecule has 3 amide bonds. The van der Waals surface area contributed by atoms with Gasteiger partial charge in [-0.3, -0.25) is 14.4 Å². The smallest absolute Gasteiger partial charge is 0.744 e. The molecule has 1 aliphatic carbocycles. The first kappa shape index (κ1) is 60.3. The predicted octanol–water partition coefficient (Wildman–Crippen LogP) is 6.59. The van der Waals surface area contributed by atoms with Gasteiger partial charge in [0.2, 0.25) is 11.6 Å². The standard InChI is InChI=1S/C57H62N4O11S3.K/c1-7-9-11-13-35-59-47-29-27-43(74(66,67)68)37-45(47)56(3,4)49(59)31-21-39-17-15-18-40(22-32-50-57(5,6)46-38-44(75(69,70)71)28-30-48(46)60(50)36-14-12-10-8-2)55(39)73-42-25-23-41(24-26-42)58-51(62)19-16-20-54(65)72-61-52(63)33-34-53(61)64;/h1-2,21-32,37-38H,9-20,33-36H2,3-6H3,(H2-,58,62,66,67,68,69,70,71);/q;+1/p-1. The third-order valence-electron chi connectivity index (χ3n) is 13.9. The number of fused-ring (bicyclic) bond motifs is 2. The molecule has 1 saturated heterocycles. The molecule has 3 aromatic rings. The normalized spacial score (nSPS) is 18.0. The number of amides is 3. The third kappa shape index (κ3) is 14.2. The molecular weight excluding hydrogens is 1050 g/mol. The topological polar surface area (TPSA) is 213 Å². The Morgan fingerprint density at radius 3 is 2.05 bits per heavy atom. The van der Waals surface area contributed by atoms with Crippen molar-refractivity contribution in [2.45, 2.75) is 143 Å². The van der Waals surface area contributed by atoms with Crippen LogP contribution in [0, 0.1) is 24.7 Å². The maximum Gasteiger partial charge on any atom is 1.00 e. The summed E-state index contributed by atoms with van der Waals surface area (Å²) in [5, 5.41) is 3.35. The molecule has 19 heteroatoms. The monoisotopic (exact) mass is 1110 g/mol. The van der Waals surface area contributed by atoms with Crippen LogP contribution in [0.4, 0.5) is 17.1 Å². The minimum Gasteiger partial charge on any atom is -0.744 e. The van der Waals surface area contributed by atoms with E-state index >= 15 is 0 Å². The van der Waals surface area contributed by atoms with Gasteiger partial charge in [0, 0.05) is 101 Å². The first-order valence-corrected chi connectivity index (χ1v) is 28.7. The van der Waals surface area contributed by atoms with Gasteiger partial charge in [-0.05, 0) is 136 Å². The number of unbranched alkanes of at least 4 members (excludes halogenated alkanes) is 4. The fourth-order valence-corrected chi connectivity index (χ4v) is 12.1. The van der Waals surface area contributed by atoms with Crippen molar-refractivity contribution in [2.24, 2.45) is 0 Å². The van der Waals surface area contributed by atoms with Crippen LogP contribution < -0.4 is 61.6 Å². The second-order valence-corrected chi connectivity index (χ2v) is 23.7. The molecule has 0 atom stereocenters. The minimum atomic E-state index is -4.72. The van der Waals surface area contributed by atoms with Crippen molar-refractivity contribution in [3.05, 3.63) is 118 Å². The summed E-state index contributed by atoms with van der Waals surface area (Å²) in [6, 6.07) is 16.5. The van der Waals surface area contributed by atoms with E-state index in [0.717, 1.165) is 99.8 Å². The minimum absolute atomic E-state index is 0. The number of terminal acetylenes is 2. The third-order valence-corrected chi connectivity index (χ3v) is 16.8. The quantitative estimate of drug-likeness (QED) is 0.0298. The number of hydrogen-bond donors (Lipinski definition) is 1. The van der Waals surface area contributed by atoms with E-state index in [0.29, 0.717) is 36.7 Å². The maximum atomic E-state index is 12.9. The molecule has 1 N–H and O–H groups in total. The molecule has 0 saturated carbocycles. The molecule has 0 radical (unpaired) electrons. The van der Waals surface area contributed by atoms with Crippen LogP contribution >= 0.6 is 11.8 Å². The summed E-state index contributed by atoms with van der Waals surface area (Å²) in [6.45, 7) is 9.28. The van der Waals surface area contributed by atoms with Crippen LogP contribution in [-0.4, -0.2) is 78.1 Å². The average molecular weight is 1110 g/mol. The molecular formula is C57H61KN4O11S3. The van der Waals surface area contributed by atoms with Crippen LogP contribution in [0.5, 0.6) is 0 Å². The van der Waals surface area contributed by atoms with Crippen molar-refractivity contribution in [1.82, 2.24) is 5.06 Å². The molecule has 1 fully saturated rings. The number of carbonyl (C=O) groups excluding carboxylic acids is 4. The van der Waals surface area contributed by atoms with Crippen LogP contribution in [0.1, 0.15) is 129 Å². The number of hydroxylamine groups is 2. The molecule has 0 unspecified atom stereocenters. The molecule has 76 heavy (non-hydrogen) atoms. The number of carbonyl (C=O) groups is 4. The molecule has 0 bridgehead atoms. The van der Waals surface area contributed by atoms with Gasteiger partial charge in [-0.15, -0.1) is 29.8 Å². The largest absolute Gasteiger partial charge is 1.00 e. The van der Waals surface area contributed by atoms with Crippen LogP contribution in [0.15, 0.2) is 121 Å². The Balaban J connectivity index is 0.00000937.